The molecule has 0 bridgehead atoms. The summed E-state index contributed by atoms with van der Waals surface area (Å²) in [7, 11) is 0. The van der Waals surface area contributed by atoms with Gasteiger partial charge in [-0.15, -0.1) is 0 Å². The van der Waals surface area contributed by atoms with Crippen molar-refractivity contribution in [1.29, 1.82) is 0 Å². The number of hydrogen-bond acceptors (Lipinski definition) is 3. The van der Waals surface area contributed by atoms with E-state index in [4.69, 9.17) is 0 Å². The molecule has 1 heterocycles. The highest BCUT2D eigenvalue weighted by molar-refractivity contribution is 5.94. The molecule has 1 aliphatic rings. The van der Waals surface area contributed by atoms with Crippen molar-refractivity contribution in [2.24, 2.45) is 0 Å². The maximum atomic E-state index is 12.4. The van der Waals surface area contributed by atoms with Crippen LogP contribution in [0.2, 0.25) is 0 Å². The summed E-state index contributed by atoms with van der Waals surface area (Å²) >= 11 is 0. The molecule has 0 radical (unpaired) electrons. The van der Waals surface area contributed by atoms with Crippen LogP contribution in [0, 0.1) is 0 Å². The first-order chi connectivity index (χ1) is 13.2. The van der Waals surface area contributed by atoms with Gasteiger partial charge in [-0.2, -0.15) is 0 Å². The second-order valence-corrected chi connectivity index (χ2v) is 6.83. The maximum Gasteiger partial charge on any atom is 0.251 e. The summed E-state index contributed by atoms with van der Waals surface area (Å²) in [5.74, 6) is -0.0137. The van der Waals surface area contributed by atoms with Crippen molar-refractivity contribution in [3.63, 3.8) is 0 Å². The zero-order valence-corrected chi connectivity index (χ0v) is 15.6. The van der Waals surface area contributed by atoms with E-state index < -0.39 is 0 Å². The van der Waals surface area contributed by atoms with Gasteiger partial charge in [0.25, 0.3) is 5.91 Å². The Kier molecular flexibility index (Phi) is 6.99. The first-order valence-electron chi connectivity index (χ1n) is 9.60. The van der Waals surface area contributed by atoms with E-state index in [1.54, 1.807) is 12.1 Å². The summed E-state index contributed by atoms with van der Waals surface area (Å²) in [6, 6.07) is 19.6. The molecule has 0 saturated carbocycles. The number of piperazine rings is 1. The second-order valence-electron chi connectivity index (χ2n) is 6.83. The summed E-state index contributed by atoms with van der Waals surface area (Å²) in [5, 5.41) is 2.82. The van der Waals surface area contributed by atoms with Gasteiger partial charge in [0.15, 0.2) is 0 Å². The molecular weight excluding hydrogens is 338 g/mol. The van der Waals surface area contributed by atoms with E-state index in [9.17, 15) is 9.59 Å². The Hall–Kier alpha value is -2.66. The van der Waals surface area contributed by atoms with E-state index in [0.717, 1.165) is 39.1 Å². The Balaban J connectivity index is 1.33. The summed E-state index contributed by atoms with van der Waals surface area (Å²) in [4.78, 5) is 28.7. The molecule has 1 fully saturated rings. The van der Waals surface area contributed by atoms with Crippen molar-refractivity contribution < 1.29 is 9.59 Å². The first-order valence-corrected chi connectivity index (χ1v) is 9.60. The zero-order chi connectivity index (χ0) is 18.9. The molecule has 142 valence electrons. The van der Waals surface area contributed by atoms with Gasteiger partial charge < -0.3 is 10.2 Å². The van der Waals surface area contributed by atoms with Gasteiger partial charge in [0.1, 0.15) is 0 Å². The van der Waals surface area contributed by atoms with Crippen molar-refractivity contribution in [1.82, 2.24) is 15.1 Å². The molecule has 27 heavy (non-hydrogen) atoms. The standard InChI is InChI=1S/C22H27N3O2/c26-21(11-13-23-22(27)20-9-5-2-6-10-20)25-17-15-24(16-18-25)14-12-19-7-3-1-4-8-19/h1-10H,11-18H2,(H,23,27). The van der Waals surface area contributed by atoms with E-state index >= 15 is 0 Å². The van der Waals surface area contributed by atoms with Crippen molar-refractivity contribution in [3.8, 4) is 0 Å². The number of nitrogens with one attached hydrogen (secondary N) is 1. The predicted octanol–water partition coefficient (Wildman–Crippen LogP) is 2.19. The smallest absolute Gasteiger partial charge is 0.251 e. The van der Waals surface area contributed by atoms with Gasteiger partial charge in [0.05, 0.1) is 0 Å². The van der Waals surface area contributed by atoms with E-state index in [1.807, 2.05) is 29.2 Å². The van der Waals surface area contributed by atoms with Crippen LogP contribution in [-0.2, 0) is 11.2 Å². The van der Waals surface area contributed by atoms with Crippen LogP contribution >= 0.6 is 0 Å². The Morgan fingerprint density at radius 2 is 1.48 bits per heavy atom. The topological polar surface area (TPSA) is 52.7 Å². The van der Waals surface area contributed by atoms with Gasteiger partial charge >= 0.3 is 0 Å². The molecule has 2 amide bonds. The highest BCUT2D eigenvalue weighted by Gasteiger charge is 2.20. The second kappa shape index (κ2) is 9.88. The SMILES string of the molecule is O=C(NCCC(=O)N1CCN(CCc2ccccc2)CC1)c1ccccc1. The molecule has 1 aliphatic heterocycles. The number of amides is 2. The number of hydrogen-bond donors (Lipinski definition) is 1. The molecule has 2 aromatic rings. The minimum Gasteiger partial charge on any atom is -0.352 e. The molecule has 1 N–H and O–H groups in total. The van der Waals surface area contributed by atoms with Crippen LogP contribution in [0.5, 0.6) is 0 Å². The average Bonchev–Trinajstić information content (AvgIpc) is 2.74. The fourth-order valence-corrected chi connectivity index (χ4v) is 3.29. The third-order valence-corrected chi connectivity index (χ3v) is 4.94. The van der Waals surface area contributed by atoms with E-state index in [1.165, 1.54) is 5.56 Å². The molecule has 2 aromatic carbocycles. The monoisotopic (exact) mass is 365 g/mol. The molecule has 0 spiro atoms. The highest BCUT2D eigenvalue weighted by atomic mass is 16.2. The normalized spacial score (nSPS) is 14.7. The molecule has 1 saturated heterocycles. The Morgan fingerprint density at radius 1 is 0.852 bits per heavy atom. The van der Waals surface area contributed by atoms with Crippen LogP contribution in [0.15, 0.2) is 60.7 Å². The largest absolute Gasteiger partial charge is 0.352 e. The first kappa shape index (κ1) is 19.1. The lowest BCUT2D eigenvalue weighted by Gasteiger charge is -2.34. The van der Waals surface area contributed by atoms with Crippen LogP contribution in [0.3, 0.4) is 0 Å². The number of carbonyl (C=O) groups excluding carboxylic acids is 2. The number of carbonyl (C=O) groups is 2. The third kappa shape index (κ3) is 5.93. The van der Waals surface area contributed by atoms with Gasteiger partial charge in [-0.1, -0.05) is 48.5 Å². The van der Waals surface area contributed by atoms with Crippen LogP contribution < -0.4 is 5.32 Å². The van der Waals surface area contributed by atoms with E-state index in [2.05, 4.69) is 34.5 Å². The quantitative estimate of drug-likeness (QED) is 0.818. The molecule has 0 unspecified atom stereocenters. The van der Waals surface area contributed by atoms with Crippen molar-refractivity contribution in [2.75, 3.05) is 39.3 Å². The lowest BCUT2D eigenvalue weighted by molar-refractivity contribution is -0.132. The Labute approximate surface area is 161 Å². The van der Waals surface area contributed by atoms with E-state index in [0.29, 0.717) is 18.5 Å². The lowest BCUT2D eigenvalue weighted by atomic mass is 10.1. The summed E-state index contributed by atoms with van der Waals surface area (Å²) in [5.41, 5.74) is 1.97. The van der Waals surface area contributed by atoms with Crippen LogP contribution in [-0.4, -0.2) is 60.9 Å². The van der Waals surface area contributed by atoms with Crippen LogP contribution in [0.4, 0.5) is 0 Å². The fourth-order valence-electron chi connectivity index (χ4n) is 3.29. The van der Waals surface area contributed by atoms with Crippen molar-refractivity contribution >= 4 is 11.8 Å². The van der Waals surface area contributed by atoms with Gasteiger partial charge in [-0.3, -0.25) is 14.5 Å². The summed E-state index contributed by atoms with van der Waals surface area (Å²) in [6.07, 6.45) is 1.39. The summed E-state index contributed by atoms with van der Waals surface area (Å²) < 4.78 is 0. The third-order valence-electron chi connectivity index (χ3n) is 4.94. The van der Waals surface area contributed by atoms with Crippen LogP contribution in [0.1, 0.15) is 22.3 Å². The van der Waals surface area contributed by atoms with Gasteiger partial charge in [-0.05, 0) is 24.1 Å². The molecule has 0 atom stereocenters. The highest BCUT2D eigenvalue weighted by Crippen LogP contribution is 2.07. The maximum absolute atomic E-state index is 12.4. The van der Waals surface area contributed by atoms with Gasteiger partial charge in [0, 0.05) is 51.3 Å². The number of nitrogens with zero attached hydrogens (tertiary/aromatic N) is 2. The average molecular weight is 365 g/mol. The molecule has 5 heteroatoms. The van der Waals surface area contributed by atoms with Gasteiger partial charge in [-0.25, -0.2) is 0 Å². The van der Waals surface area contributed by atoms with Gasteiger partial charge in [0.2, 0.25) is 5.91 Å². The summed E-state index contributed by atoms with van der Waals surface area (Å²) in [6.45, 7) is 4.75. The molecule has 0 aromatic heterocycles. The van der Waals surface area contributed by atoms with Crippen LogP contribution in [0.25, 0.3) is 0 Å². The van der Waals surface area contributed by atoms with Crippen molar-refractivity contribution in [2.45, 2.75) is 12.8 Å². The predicted molar refractivity (Wildman–Crippen MR) is 107 cm³/mol. The van der Waals surface area contributed by atoms with Crippen molar-refractivity contribution in [3.05, 3.63) is 71.8 Å². The number of rotatable bonds is 7. The molecule has 0 aliphatic carbocycles. The molecule has 5 nitrogen and oxygen atoms in total. The Morgan fingerprint density at radius 3 is 2.15 bits per heavy atom. The molecular formula is C22H27N3O2. The minimum atomic E-state index is -0.130. The zero-order valence-electron chi connectivity index (χ0n) is 15.6. The Bertz CT molecular complexity index is 726. The fraction of sp³-hybridized carbons (Fsp3) is 0.364. The number of benzene rings is 2. The van der Waals surface area contributed by atoms with E-state index in [-0.39, 0.29) is 11.8 Å². The lowest BCUT2D eigenvalue weighted by Crippen LogP contribution is -2.49. The minimum absolute atomic E-state index is 0.117. The molecule has 3 rings (SSSR count).